The fourth-order valence-corrected chi connectivity index (χ4v) is 3.39. The zero-order valence-corrected chi connectivity index (χ0v) is 13.6. The third-order valence-corrected chi connectivity index (χ3v) is 4.67. The molecule has 2 aromatic rings. The number of nitriles is 1. The van der Waals surface area contributed by atoms with Crippen LogP contribution >= 0.6 is 0 Å². The van der Waals surface area contributed by atoms with E-state index in [1.807, 2.05) is 12.1 Å². The molecule has 1 aromatic carbocycles. The summed E-state index contributed by atoms with van der Waals surface area (Å²) in [4.78, 5) is 12.6. The van der Waals surface area contributed by atoms with Crippen molar-refractivity contribution in [2.75, 3.05) is 0 Å². The van der Waals surface area contributed by atoms with Crippen molar-refractivity contribution in [3.8, 4) is 17.3 Å². The lowest BCUT2D eigenvalue weighted by Gasteiger charge is -2.14. The van der Waals surface area contributed by atoms with Gasteiger partial charge in [-0.15, -0.1) is 0 Å². The molecule has 3 heteroatoms. The number of nitrogens with zero attached hydrogens (tertiary/aromatic N) is 2. The second-order valence-corrected chi connectivity index (χ2v) is 6.24. The monoisotopic (exact) mass is 306 g/mol. The topological polar surface area (TPSA) is 45.8 Å². The van der Waals surface area contributed by atoms with Gasteiger partial charge in [-0.3, -0.25) is 4.79 Å². The van der Waals surface area contributed by atoms with Crippen LogP contribution in [0.1, 0.15) is 49.3 Å². The molecule has 1 aliphatic carbocycles. The zero-order chi connectivity index (χ0) is 16.2. The summed E-state index contributed by atoms with van der Waals surface area (Å²) in [5.74, 6) is 0. The number of unbranched alkanes of at least 4 members (excludes halogenated alkanes) is 2. The summed E-state index contributed by atoms with van der Waals surface area (Å²) in [5.41, 5.74) is 4.92. The van der Waals surface area contributed by atoms with E-state index < -0.39 is 0 Å². The summed E-state index contributed by atoms with van der Waals surface area (Å²) in [6, 6.07) is 12.1. The number of aromatic nitrogens is 1. The first-order valence-electron chi connectivity index (χ1n) is 8.50. The molecule has 3 rings (SSSR count). The summed E-state index contributed by atoms with van der Waals surface area (Å²) in [7, 11) is 0. The molecule has 118 valence electrons. The molecule has 3 nitrogen and oxygen atoms in total. The number of aryl methyl sites for hydroxylation is 2. The van der Waals surface area contributed by atoms with Gasteiger partial charge in [0.1, 0.15) is 11.6 Å². The predicted octanol–water partition coefficient (Wildman–Crippen LogP) is 4.07. The quantitative estimate of drug-likeness (QED) is 0.782. The van der Waals surface area contributed by atoms with Crippen LogP contribution in [0.5, 0.6) is 0 Å². The van der Waals surface area contributed by atoms with Crippen molar-refractivity contribution in [2.45, 2.75) is 52.0 Å². The van der Waals surface area contributed by atoms with Gasteiger partial charge in [0.2, 0.25) is 0 Å². The molecule has 0 atom stereocenters. The van der Waals surface area contributed by atoms with E-state index in [0.29, 0.717) is 6.54 Å². The van der Waals surface area contributed by atoms with E-state index >= 15 is 0 Å². The van der Waals surface area contributed by atoms with Gasteiger partial charge in [-0.05, 0) is 60.6 Å². The van der Waals surface area contributed by atoms with E-state index in [9.17, 15) is 4.79 Å². The van der Waals surface area contributed by atoms with Gasteiger partial charge < -0.3 is 4.57 Å². The van der Waals surface area contributed by atoms with Gasteiger partial charge in [0.05, 0.1) is 5.69 Å². The fourth-order valence-electron chi connectivity index (χ4n) is 3.39. The van der Waals surface area contributed by atoms with Crippen molar-refractivity contribution in [2.24, 2.45) is 0 Å². The Morgan fingerprint density at radius 1 is 1.13 bits per heavy atom. The SMILES string of the molecule is CCCCCn1c(-c2ccc3c(c2)CCC3)ccc(C#N)c1=O. The van der Waals surface area contributed by atoms with Crippen LogP contribution in [0.4, 0.5) is 0 Å². The molecule has 0 amide bonds. The van der Waals surface area contributed by atoms with E-state index in [2.05, 4.69) is 25.1 Å². The number of rotatable bonds is 5. The molecule has 0 saturated carbocycles. The molecule has 1 aromatic heterocycles. The first-order chi connectivity index (χ1) is 11.2. The Morgan fingerprint density at radius 3 is 2.74 bits per heavy atom. The summed E-state index contributed by atoms with van der Waals surface area (Å²) in [5, 5.41) is 9.14. The summed E-state index contributed by atoms with van der Waals surface area (Å²) < 4.78 is 1.78. The molecule has 0 fully saturated rings. The number of pyridine rings is 1. The van der Waals surface area contributed by atoms with Gasteiger partial charge in [-0.25, -0.2) is 0 Å². The van der Waals surface area contributed by atoms with Crippen LogP contribution in [0.2, 0.25) is 0 Å². The Bertz CT molecular complexity index is 811. The Hall–Kier alpha value is -2.34. The highest BCUT2D eigenvalue weighted by Crippen LogP contribution is 2.28. The van der Waals surface area contributed by atoms with Gasteiger partial charge in [0, 0.05) is 6.54 Å². The molecule has 1 aliphatic rings. The maximum absolute atomic E-state index is 12.6. The minimum Gasteiger partial charge on any atom is -0.307 e. The first kappa shape index (κ1) is 15.6. The van der Waals surface area contributed by atoms with Crippen molar-refractivity contribution >= 4 is 0 Å². The second-order valence-electron chi connectivity index (χ2n) is 6.24. The number of fused-ring (bicyclic) bond motifs is 1. The van der Waals surface area contributed by atoms with Crippen molar-refractivity contribution in [1.82, 2.24) is 4.57 Å². The van der Waals surface area contributed by atoms with Crippen LogP contribution in [0.3, 0.4) is 0 Å². The van der Waals surface area contributed by atoms with Crippen LogP contribution in [0.15, 0.2) is 35.1 Å². The van der Waals surface area contributed by atoms with Crippen LogP contribution in [0.25, 0.3) is 11.3 Å². The number of hydrogen-bond donors (Lipinski definition) is 0. The third-order valence-electron chi connectivity index (χ3n) is 4.67. The molecule has 1 heterocycles. The third kappa shape index (κ3) is 3.07. The molecular formula is C20H22N2O. The second kappa shape index (κ2) is 6.83. The Labute approximate surface area is 137 Å². The maximum atomic E-state index is 12.6. The van der Waals surface area contributed by atoms with Crippen molar-refractivity contribution in [3.63, 3.8) is 0 Å². The lowest BCUT2D eigenvalue weighted by atomic mass is 10.0. The van der Waals surface area contributed by atoms with Gasteiger partial charge in [-0.2, -0.15) is 5.26 Å². The molecule has 0 aliphatic heterocycles. The zero-order valence-electron chi connectivity index (χ0n) is 13.6. The molecule has 0 radical (unpaired) electrons. The standard InChI is InChI=1S/C20H22N2O/c1-2-3-4-12-22-19(11-10-18(14-21)20(22)23)17-9-8-15-6-5-7-16(15)13-17/h8-11,13H,2-7,12H2,1H3. The van der Waals surface area contributed by atoms with Crippen LogP contribution in [0, 0.1) is 11.3 Å². The largest absolute Gasteiger partial charge is 0.307 e. The minimum atomic E-state index is -0.165. The van der Waals surface area contributed by atoms with Crippen LogP contribution in [-0.4, -0.2) is 4.57 Å². The van der Waals surface area contributed by atoms with Crippen LogP contribution < -0.4 is 5.56 Å². The van der Waals surface area contributed by atoms with Crippen molar-refractivity contribution < 1.29 is 0 Å². The molecule has 0 N–H and O–H groups in total. The lowest BCUT2D eigenvalue weighted by Crippen LogP contribution is -2.24. The minimum absolute atomic E-state index is 0.165. The molecular weight excluding hydrogens is 284 g/mol. The maximum Gasteiger partial charge on any atom is 0.268 e. The van der Waals surface area contributed by atoms with E-state index in [1.165, 1.54) is 17.5 Å². The predicted molar refractivity (Wildman–Crippen MR) is 92.4 cm³/mol. The van der Waals surface area contributed by atoms with E-state index in [0.717, 1.165) is 43.4 Å². The van der Waals surface area contributed by atoms with E-state index in [4.69, 9.17) is 5.26 Å². The highest BCUT2D eigenvalue weighted by molar-refractivity contribution is 5.63. The summed E-state index contributed by atoms with van der Waals surface area (Å²) >= 11 is 0. The first-order valence-corrected chi connectivity index (χ1v) is 8.50. The lowest BCUT2D eigenvalue weighted by molar-refractivity contribution is 0.591. The average Bonchev–Trinajstić information content (AvgIpc) is 3.04. The van der Waals surface area contributed by atoms with Gasteiger partial charge in [-0.1, -0.05) is 31.9 Å². The molecule has 0 spiro atoms. The van der Waals surface area contributed by atoms with Crippen molar-refractivity contribution in [3.05, 3.63) is 57.4 Å². The van der Waals surface area contributed by atoms with E-state index in [-0.39, 0.29) is 11.1 Å². The van der Waals surface area contributed by atoms with E-state index in [1.54, 1.807) is 10.6 Å². The van der Waals surface area contributed by atoms with Gasteiger partial charge in [0.15, 0.2) is 0 Å². The average molecular weight is 306 g/mol. The highest BCUT2D eigenvalue weighted by Gasteiger charge is 2.14. The number of hydrogen-bond acceptors (Lipinski definition) is 2. The number of benzene rings is 1. The smallest absolute Gasteiger partial charge is 0.268 e. The summed E-state index contributed by atoms with van der Waals surface area (Å²) in [6.07, 6.45) is 6.66. The van der Waals surface area contributed by atoms with Crippen LogP contribution in [-0.2, 0) is 19.4 Å². The van der Waals surface area contributed by atoms with Crippen molar-refractivity contribution in [1.29, 1.82) is 5.26 Å². The highest BCUT2D eigenvalue weighted by atomic mass is 16.1. The fraction of sp³-hybridized carbons (Fsp3) is 0.400. The molecule has 23 heavy (non-hydrogen) atoms. The summed E-state index contributed by atoms with van der Waals surface area (Å²) in [6.45, 7) is 2.82. The van der Waals surface area contributed by atoms with Gasteiger partial charge >= 0.3 is 0 Å². The Balaban J connectivity index is 2.05. The molecule has 0 unspecified atom stereocenters. The molecule has 0 bridgehead atoms. The van der Waals surface area contributed by atoms with Gasteiger partial charge in [0.25, 0.3) is 5.56 Å². The molecule has 0 saturated heterocycles. The Kier molecular flexibility index (Phi) is 4.62. The normalized spacial score (nSPS) is 12.9. The Morgan fingerprint density at radius 2 is 1.96 bits per heavy atom.